The van der Waals surface area contributed by atoms with Crippen LogP contribution in [0.4, 0.5) is 0 Å². The number of methoxy groups -OCH3 is 1. The third-order valence-electron chi connectivity index (χ3n) is 2.69. The van der Waals surface area contributed by atoms with Crippen LogP contribution in [0.5, 0.6) is 5.75 Å². The van der Waals surface area contributed by atoms with E-state index in [1.54, 1.807) is 19.2 Å². The molecule has 0 saturated carbocycles. The number of esters is 2. The lowest BCUT2D eigenvalue weighted by molar-refractivity contribution is -0.163. The van der Waals surface area contributed by atoms with E-state index >= 15 is 0 Å². The van der Waals surface area contributed by atoms with Crippen LogP contribution < -0.4 is 4.74 Å². The van der Waals surface area contributed by atoms with Gasteiger partial charge in [0.2, 0.25) is 0 Å². The van der Waals surface area contributed by atoms with Gasteiger partial charge in [-0.25, -0.2) is 0 Å². The lowest BCUT2D eigenvalue weighted by Crippen LogP contribution is -2.22. The quantitative estimate of drug-likeness (QED) is 0.589. The van der Waals surface area contributed by atoms with Crippen molar-refractivity contribution in [3.05, 3.63) is 29.8 Å². The number of carbonyl (C=O) groups is 2. The fourth-order valence-electron chi connectivity index (χ4n) is 1.76. The molecule has 0 radical (unpaired) electrons. The van der Waals surface area contributed by atoms with Gasteiger partial charge in [-0.2, -0.15) is 0 Å². The van der Waals surface area contributed by atoms with Gasteiger partial charge in [0.1, 0.15) is 18.3 Å². The molecular weight excluding hydrogens is 236 g/mol. The molecule has 1 unspecified atom stereocenters. The number of carbonyl (C=O) groups excluding carboxylic acids is 2. The molecule has 1 aromatic carbocycles. The predicted molar refractivity (Wildman–Crippen MR) is 62.0 cm³/mol. The molecule has 0 bridgehead atoms. The van der Waals surface area contributed by atoms with Gasteiger partial charge in [-0.05, 0) is 17.7 Å². The van der Waals surface area contributed by atoms with Crippen LogP contribution in [0.2, 0.25) is 0 Å². The van der Waals surface area contributed by atoms with Crippen molar-refractivity contribution in [2.75, 3.05) is 13.7 Å². The van der Waals surface area contributed by atoms with Crippen LogP contribution in [-0.2, 0) is 19.1 Å². The molecule has 1 fully saturated rings. The molecule has 2 rings (SSSR count). The minimum absolute atomic E-state index is 0.253. The SMILES string of the molecule is COc1ccc(C2CCOC(=O)CC(=O)O2)cc1. The van der Waals surface area contributed by atoms with Crippen LogP contribution in [-0.4, -0.2) is 25.7 Å². The molecule has 5 heteroatoms. The standard InChI is InChI=1S/C13H14O5/c1-16-10-4-2-9(3-5-10)11-6-7-17-12(14)8-13(15)18-11/h2-5,11H,6-8H2,1H3. The van der Waals surface area contributed by atoms with E-state index in [4.69, 9.17) is 14.2 Å². The first-order valence-electron chi connectivity index (χ1n) is 5.68. The Bertz CT molecular complexity index is 437. The Morgan fingerprint density at radius 2 is 1.89 bits per heavy atom. The molecule has 1 atom stereocenters. The second-order valence-corrected chi connectivity index (χ2v) is 3.94. The smallest absolute Gasteiger partial charge is 0.317 e. The molecule has 1 aliphatic heterocycles. The van der Waals surface area contributed by atoms with E-state index in [9.17, 15) is 9.59 Å². The van der Waals surface area contributed by atoms with Crippen LogP contribution in [0.15, 0.2) is 24.3 Å². The van der Waals surface area contributed by atoms with Crippen molar-refractivity contribution in [1.29, 1.82) is 0 Å². The van der Waals surface area contributed by atoms with Gasteiger partial charge in [0, 0.05) is 6.42 Å². The van der Waals surface area contributed by atoms with Gasteiger partial charge in [-0.3, -0.25) is 9.59 Å². The number of benzene rings is 1. The Balaban J connectivity index is 2.10. The molecular formula is C13H14O5. The summed E-state index contributed by atoms with van der Waals surface area (Å²) in [4.78, 5) is 22.4. The fraction of sp³-hybridized carbons (Fsp3) is 0.385. The maximum atomic E-state index is 11.4. The summed E-state index contributed by atoms with van der Waals surface area (Å²) in [5.41, 5.74) is 0.863. The van der Waals surface area contributed by atoms with Crippen molar-refractivity contribution in [2.24, 2.45) is 0 Å². The lowest BCUT2D eigenvalue weighted by Gasteiger charge is -2.20. The van der Waals surface area contributed by atoms with Crippen molar-refractivity contribution < 1.29 is 23.8 Å². The van der Waals surface area contributed by atoms with Crippen molar-refractivity contribution in [2.45, 2.75) is 18.9 Å². The van der Waals surface area contributed by atoms with Crippen LogP contribution in [0.3, 0.4) is 0 Å². The van der Waals surface area contributed by atoms with Gasteiger partial charge in [0.25, 0.3) is 0 Å². The van der Waals surface area contributed by atoms with Crippen molar-refractivity contribution in [3.63, 3.8) is 0 Å². The maximum Gasteiger partial charge on any atom is 0.317 e. The molecule has 1 aromatic rings. The number of rotatable bonds is 2. The summed E-state index contributed by atoms with van der Waals surface area (Å²) in [6, 6.07) is 7.27. The molecule has 1 heterocycles. The zero-order valence-electron chi connectivity index (χ0n) is 10.0. The van der Waals surface area contributed by atoms with E-state index in [2.05, 4.69) is 0 Å². The van der Waals surface area contributed by atoms with E-state index in [0.717, 1.165) is 11.3 Å². The molecule has 0 amide bonds. The van der Waals surface area contributed by atoms with E-state index < -0.39 is 11.9 Å². The molecule has 0 aromatic heterocycles. The van der Waals surface area contributed by atoms with Gasteiger partial charge in [-0.15, -0.1) is 0 Å². The zero-order chi connectivity index (χ0) is 13.0. The first-order valence-corrected chi connectivity index (χ1v) is 5.68. The minimum Gasteiger partial charge on any atom is -0.497 e. The first-order chi connectivity index (χ1) is 8.69. The van der Waals surface area contributed by atoms with Crippen molar-refractivity contribution >= 4 is 11.9 Å². The van der Waals surface area contributed by atoms with Gasteiger partial charge < -0.3 is 14.2 Å². The van der Waals surface area contributed by atoms with Crippen molar-refractivity contribution in [1.82, 2.24) is 0 Å². The first kappa shape index (κ1) is 12.4. The summed E-state index contributed by atoms with van der Waals surface area (Å²) < 4.78 is 15.2. The van der Waals surface area contributed by atoms with E-state index in [-0.39, 0.29) is 19.1 Å². The highest BCUT2D eigenvalue weighted by Gasteiger charge is 2.23. The minimum atomic E-state index is -0.555. The number of ether oxygens (including phenoxy) is 3. The maximum absolute atomic E-state index is 11.4. The van der Waals surface area contributed by atoms with Crippen LogP contribution >= 0.6 is 0 Å². The summed E-state index contributed by atoms with van der Waals surface area (Å²) in [7, 11) is 1.59. The second kappa shape index (κ2) is 5.53. The largest absolute Gasteiger partial charge is 0.497 e. The highest BCUT2D eigenvalue weighted by molar-refractivity contribution is 5.91. The number of hydrogen-bond donors (Lipinski definition) is 0. The van der Waals surface area contributed by atoms with Gasteiger partial charge in [-0.1, -0.05) is 12.1 Å². The predicted octanol–water partition coefficient (Wildman–Crippen LogP) is 1.62. The van der Waals surface area contributed by atoms with Gasteiger partial charge in [0.05, 0.1) is 13.7 Å². The van der Waals surface area contributed by atoms with E-state index in [1.807, 2.05) is 12.1 Å². The highest BCUT2D eigenvalue weighted by atomic mass is 16.6. The normalized spacial score (nSPS) is 20.4. The zero-order valence-corrected chi connectivity index (χ0v) is 10.0. The molecule has 5 nitrogen and oxygen atoms in total. The van der Waals surface area contributed by atoms with E-state index in [1.165, 1.54) is 0 Å². The summed E-state index contributed by atoms with van der Waals surface area (Å²) >= 11 is 0. The van der Waals surface area contributed by atoms with Crippen LogP contribution in [0.1, 0.15) is 24.5 Å². The second-order valence-electron chi connectivity index (χ2n) is 3.94. The average Bonchev–Trinajstić information content (AvgIpc) is 2.35. The fourth-order valence-corrected chi connectivity index (χ4v) is 1.76. The highest BCUT2D eigenvalue weighted by Crippen LogP contribution is 2.25. The topological polar surface area (TPSA) is 61.8 Å². The summed E-state index contributed by atoms with van der Waals surface area (Å²) in [5, 5.41) is 0. The average molecular weight is 250 g/mol. The van der Waals surface area contributed by atoms with Crippen molar-refractivity contribution in [3.8, 4) is 5.75 Å². The number of hydrogen-bond acceptors (Lipinski definition) is 5. The summed E-state index contributed by atoms with van der Waals surface area (Å²) in [6.07, 6.45) is -0.243. The molecule has 18 heavy (non-hydrogen) atoms. The Morgan fingerprint density at radius 1 is 1.17 bits per heavy atom. The summed E-state index contributed by atoms with van der Waals surface area (Å²) in [6.45, 7) is 0.253. The monoisotopic (exact) mass is 250 g/mol. The van der Waals surface area contributed by atoms with E-state index in [0.29, 0.717) is 6.42 Å². The third-order valence-corrected chi connectivity index (χ3v) is 2.69. The number of cyclic esters (lactones) is 2. The molecule has 0 N–H and O–H groups in total. The Labute approximate surface area is 105 Å². The van der Waals surface area contributed by atoms with Crippen LogP contribution in [0.25, 0.3) is 0 Å². The molecule has 0 spiro atoms. The summed E-state index contributed by atoms with van der Waals surface area (Å²) in [5.74, 6) is -0.351. The third kappa shape index (κ3) is 3.00. The van der Waals surface area contributed by atoms with Crippen LogP contribution in [0, 0.1) is 0 Å². The molecule has 96 valence electrons. The Hall–Kier alpha value is -2.04. The van der Waals surface area contributed by atoms with Gasteiger partial charge >= 0.3 is 11.9 Å². The molecule has 1 saturated heterocycles. The lowest BCUT2D eigenvalue weighted by atomic mass is 10.1. The van der Waals surface area contributed by atoms with Gasteiger partial charge in [0.15, 0.2) is 0 Å². The molecule has 1 aliphatic rings. The Kier molecular flexibility index (Phi) is 3.82. The molecule has 0 aliphatic carbocycles. The Morgan fingerprint density at radius 3 is 2.56 bits per heavy atom.